The van der Waals surface area contributed by atoms with Gasteiger partial charge in [-0.15, -0.1) is 0 Å². The van der Waals surface area contributed by atoms with Crippen LogP contribution < -0.4 is 5.32 Å². The van der Waals surface area contributed by atoms with Gasteiger partial charge in [-0.2, -0.15) is 0 Å². The van der Waals surface area contributed by atoms with E-state index in [-0.39, 0.29) is 11.8 Å². The lowest BCUT2D eigenvalue weighted by Crippen LogP contribution is -2.41. The molecule has 2 N–H and O–H groups in total. The first-order chi connectivity index (χ1) is 15.0. The average Bonchev–Trinajstić information content (AvgIpc) is 3.11. The molecule has 31 heavy (non-hydrogen) atoms. The molecule has 0 heterocycles. The number of carbonyl (C=O) groups is 2. The third-order valence-corrected chi connectivity index (χ3v) is 6.16. The van der Waals surface area contributed by atoms with Crippen LogP contribution in [-0.4, -0.2) is 23.0 Å². The number of rotatable bonds is 8. The smallest absolute Gasteiger partial charge is 0.326 e. The van der Waals surface area contributed by atoms with Crippen LogP contribution in [0.25, 0.3) is 11.1 Å². The van der Waals surface area contributed by atoms with Crippen LogP contribution in [0.2, 0.25) is 0 Å². The van der Waals surface area contributed by atoms with E-state index in [1.165, 1.54) is 27.8 Å². The zero-order valence-electron chi connectivity index (χ0n) is 17.7. The van der Waals surface area contributed by atoms with Gasteiger partial charge < -0.3 is 10.4 Å². The quantitative estimate of drug-likeness (QED) is 0.541. The molecule has 1 amide bonds. The Balaban J connectivity index is 1.42. The zero-order valence-corrected chi connectivity index (χ0v) is 17.7. The second kappa shape index (κ2) is 9.17. The molecular weight excluding hydrogens is 386 g/mol. The molecule has 4 rings (SSSR count). The van der Waals surface area contributed by atoms with Gasteiger partial charge >= 0.3 is 5.97 Å². The molecule has 3 aromatic rings. The molecule has 4 heteroatoms. The standard InChI is InChI=1S/C27H27NO3/c1-18-8-7-13-22-20-11-5-6-12-21(20)23(26(18)22)15-17-25(29)28-24(27(30)31)16-14-19-9-3-2-4-10-19/h2-13,23-24H,14-17H2,1H3,(H,28,29)(H,30,31)/t23?,24-/m0/s1. The van der Waals surface area contributed by atoms with E-state index in [1.54, 1.807) is 0 Å². The van der Waals surface area contributed by atoms with Gasteiger partial charge in [-0.3, -0.25) is 4.79 Å². The van der Waals surface area contributed by atoms with Crippen LogP contribution in [0.3, 0.4) is 0 Å². The van der Waals surface area contributed by atoms with Crippen LogP contribution in [0.5, 0.6) is 0 Å². The summed E-state index contributed by atoms with van der Waals surface area (Å²) in [6.07, 6.45) is 1.94. The molecule has 0 bridgehead atoms. The van der Waals surface area contributed by atoms with Crippen molar-refractivity contribution in [3.63, 3.8) is 0 Å². The second-order valence-corrected chi connectivity index (χ2v) is 8.20. The van der Waals surface area contributed by atoms with Gasteiger partial charge in [0.25, 0.3) is 0 Å². The van der Waals surface area contributed by atoms with E-state index in [1.807, 2.05) is 42.5 Å². The Morgan fingerprint density at radius 3 is 2.42 bits per heavy atom. The van der Waals surface area contributed by atoms with Gasteiger partial charge in [0.05, 0.1) is 0 Å². The molecule has 0 spiro atoms. The molecule has 2 atom stereocenters. The van der Waals surface area contributed by atoms with Crippen LogP contribution in [0.4, 0.5) is 0 Å². The van der Waals surface area contributed by atoms with E-state index in [4.69, 9.17) is 0 Å². The fraction of sp³-hybridized carbons (Fsp3) is 0.259. The number of carboxylic acid groups (broad SMARTS) is 1. The lowest BCUT2D eigenvalue weighted by atomic mass is 9.89. The largest absolute Gasteiger partial charge is 0.480 e. The normalized spacial score (nSPS) is 15.1. The number of fused-ring (bicyclic) bond motifs is 3. The minimum Gasteiger partial charge on any atom is -0.480 e. The van der Waals surface area contributed by atoms with E-state index in [0.717, 1.165) is 5.56 Å². The minimum atomic E-state index is -0.989. The Hall–Kier alpha value is -3.40. The van der Waals surface area contributed by atoms with Gasteiger partial charge in [0.15, 0.2) is 0 Å². The lowest BCUT2D eigenvalue weighted by Gasteiger charge is -2.18. The van der Waals surface area contributed by atoms with E-state index < -0.39 is 12.0 Å². The Bertz CT molecular complexity index is 1090. The van der Waals surface area contributed by atoms with Crippen LogP contribution in [0, 0.1) is 6.92 Å². The van der Waals surface area contributed by atoms with E-state index in [2.05, 4.69) is 42.6 Å². The molecule has 1 unspecified atom stereocenters. The average molecular weight is 414 g/mol. The number of hydrogen-bond donors (Lipinski definition) is 2. The number of amides is 1. The molecule has 4 nitrogen and oxygen atoms in total. The van der Waals surface area contributed by atoms with Crippen molar-refractivity contribution in [2.75, 3.05) is 0 Å². The maximum absolute atomic E-state index is 12.7. The minimum absolute atomic E-state index is 0.158. The van der Waals surface area contributed by atoms with E-state index in [0.29, 0.717) is 25.7 Å². The highest BCUT2D eigenvalue weighted by Gasteiger charge is 2.30. The summed E-state index contributed by atoms with van der Waals surface area (Å²) in [5, 5.41) is 12.3. The third-order valence-electron chi connectivity index (χ3n) is 6.16. The summed E-state index contributed by atoms with van der Waals surface area (Å²) in [5.74, 6) is -1.04. The van der Waals surface area contributed by atoms with Crippen molar-refractivity contribution in [1.82, 2.24) is 5.32 Å². The number of benzene rings is 3. The first-order valence-electron chi connectivity index (χ1n) is 10.8. The van der Waals surface area contributed by atoms with Crippen LogP contribution in [0.1, 0.15) is 47.4 Å². The van der Waals surface area contributed by atoms with Gasteiger partial charge in [0.2, 0.25) is 5.91 Å². The van der Waals surface area contributed by atoms with E-state index in [9.17, 15) is 14.7 Å². The van der Waals surface area contributed by atoms with E-state index >= 15 is 0 Å². The molecule has 0 radical (unpaired) electrons. The third kappa shape index (κ3) is 4.53. The number of carbonyl (C=O) groups excluding carboxylic acids is 1. The van der Waals surface area contributed by atoms with Crippen molar-refractivity contribution in [2.45, 2.75) is 44.6 Å². The topological polar surface area (TPSA) is 66.4 Å². The maximum atomic E-state index is 12.7. The second-order valence-electron chi connectivity index (χ2n) is 8.20. The molecule has 0 aliphatic heterocycles. The van der Waals surface area contributed by atoms with Gasteiger partial charge in [-0.25, -0.2) is 4.79 Å². The lowest BCUT2D eigenvalue weighted by molar-refractivity contribution is -0.142. The number of nitrogens with one attached hydrogen (secondary N) is 1. The highest BCUT2D eigenvalue weighted by Crippen LogP contribution is 2.47. The van der Waals surface area contributed by atoms with Crippen molar-refractivity contribution < 1.29 is 14.7 Å². The Labute approximate surface area is 182 Å². The van der Waals surface area contributed by atoms with Crippen LogP contribution >= 0.6 is 0 Å². The van der Waals surface area contributed by atoms with Crippen molar-refractivity contribution >= 4 is 11.9 Å². The molecule has 3 aromatic carbocycles. The molecule has 0 saturated heterocycles. The fourth-order valence-corrected chi connectivity index (χ4v) is 4.63. The fourth-order valence-electron chi connectivity index (χ4n) is 4.63. The Morgan fingerprint density at radius 1 is 0.935 bits per heavy atom. The van der Waals surface area contributed by atoms with Crippen LogP contribution in [-0.2, 0) is 16.0 Å². The summed E-state index contributed by atoms with van der Waals surface area (Å²) >= 11 is 0. The molecular formula is C27H27NO3. The molecule has 0 aromatic heterocycles. The van der Waals surface area contributed by atoms with Gasteiger partial charge in [0.1, 0.15) is 6.04 Å². The highest BCUT2D eigenvalue weighted by atomic mass is 16.4. The molecule has 0 fully saturated rings. The van der Waals surface area contributed by atoms with Crippen molar-refractivity contribution in [3.8, 4) is 11.1 Å². The predicted molar refractivity (Wildman–Crippen MR) is 122 cm³/mol. The monoisotopic (exact) mass is 413 g/mol. The number of aryl methyl sites for hydroxylation is 2. The summed E-state index contributed by atoms with van der Waals surface area (Å²) in [6.45, 7) is 2.11. The summed E-state index contributed by atoms with van der Waals surface area (Å²) in [4.78, 5) is 24.3. The number of hydrogen-bond acceptors (Lipinski definition) is 2. The van der Waals surface area contributed by atoms with Gasteiger partial charge in [-0.1, -0.05) is 72.8 Å². The zero-order chi connectivity index (χ0) is 21.8. The highest BCUT2D eigenvalue weighted by molar-refractivity contribution is 5.84. The SMILES string of the molecule is Cc1cccc2c1C(CCC(=O)N[C@@H](CCc1ccccc1)C(=O)O)c1ccccc1-2. The van der Waals surface area contributed by atoms with Gasteiger partial charge in [-0.05, 0) is 59.6 Å². The summed E-state index contributed by atoms with van der Waals surface area (Å²) in [5.41, 5.74) is 7.31. The maximum Gasteiger partial charge on any atom is 0.326 e. The predicted octanol–water partition coefficient (Wildman–Crippen LogP) is 5.09. The first-order valence-corrected chi connectivity index (χ1v) is 10.8. The molecule has 0 saturated carbocycles. The summed E-state index contributed by atoms with van der Waals surface area (Å²) < 4.78 is 0. The van der Waals surface area contributed by atoms with Crippen molar-refractivity contribution in [1.29, 1.82) is 0 Å². The summed E-state index contributed by atoms with van der Waals surface area (Å²) in [6, 6.07) is 23.6. The van der Waals surface area contributed by atoms with Gasteiger partial charge in [0, 0.05) is 12.3 Å². The molecule has 1 aliphatic rings. The summed E-state index contributed by atoms with van der Waals surface area (Å²) in [7, 11) is 0. The molecule has 1 aliphatic carbocycles. The Morgan fingerprint density at radius 2 is 1.65 bits per heavy atom. The number of carboxylic acids is 1. The Kier molecular flexibility index (Phi) is 6.17. The first kappa shape index (κ1) is 20.9. The number of aliphatic carboxylic acids is 1. The van der Waals surface area contributed by atoms with Crippen LogP contribution in [0.15, 0.2) is 72.8 Å². The molecule has 158 valence electrons. The van der Waals surface area contributed by atoms with Crippen molar-refractivity contribution in [2.24, 2.45) is 0 Å². The van der Waals surface area contributed by atoms with Crippen molar-refractivity contribution in [3.05, 3.63) is 95.1 Å².